The Morgan fingerprint density at radius 1 is 1.33 bits per heavy atom. The van der Waals surface area contributed by atoms with E-state index >= 15 is 0 Å². The number of amides is 1. The Kier molecular flexibility index (Phi) is 6.38. The van der Waals surface area contributed by atoms with E-state index in [0.717, 1.165) is 13.1 Å². The average molecular weight is 265 g/mol. The number of halogens is 3. The number of hydrogen-bond donors (Lipinski definition) is 0. The normalized spacial score (nSPS) is 13.8. The first kappa shape index (κ1) is 17.0. The van der Waals surface area contributed by atoms with E-state index in [1.807, 2.05) is 25.9 Å². The molecule has 1 radical (unpaired) electrons. The fraction of sp³-hybridized carbons (Fsp3) is 0.667. The SMILES string of the molecule is C=CC(CCN(C)C(=O)C(F)(F)F)[C](C)N(C)C. The molecule has 1 unspecified atom stereocenters. The third-order valence-electron chi connectivity index (χ3n) is 2.89. The van der Waals surface area contributed by atoms with Crippen molar-refractivity contribution in [3.63, 3.8) is 0 Å². The molecule has 0 rings (SSSR count). The summed E-state index contributed by atoms with van der Waals surface area (Å²) in [4.78, 5) is 13.5. The average Bonchev–Trinajstić information content (AvgIpc) is 2.26. The van der Waals surface area contributed by atoms with Crippen molar-refractivity contribution in [2.24, 2.45) is 5.92 Å². The second-order valence-corrected chi connectivity index (χ2v) is 4.39. The summed E-state index contributed by atoms with van der Waals surface area (Å²) in [6.07, 6.45) is -2.70. The summed E-state index contributed by atoms with van der Waals surface area (Å²) in [5.41, 5.74) is 0. The highest BCUT2D eigenvalue weighted by Crippen LogP contribution is 2.22. The first-order valence-corrected chi connectivity index (χ1v) is 5.56. The topological polar surface area (TPSA) is 23.6 Å². The standard InChI is InChI=1S/C12H20F3N2O/c1-6-10(9(2)16(3)4)7-8-17(5)11(18)12(13,14)15/h6,10H,1,7-8H2,2-5H3. The van der Waals surface area contributed by atoms with Gasteiger partial charge >= 0.3 is 12.1 Å². The van der Waals surface area contributed by atoms with Crippen LogP contribution in [0.15, 0.2) is 12.7 Å². The minimum atomic E-state index is -4.81. The van der Waals surface area contributed by atoms with Gasteiger partial charge in [-0.1, -0.05) is 6.08 Å². The monoisotopic (exact) mass is 265 g/mol. The lowest BCUT2D eigenvalue weighted by atomic mass is 9.96. The van der Waals surface area contributed by atoms with Gasteiger partial charge in [0.25, 0.3) is 0 Å². The van der Waals surface area contributed by atoms with Crippen LogP contribution in [0.1, 0.15) is 13.3 Å². The predicted octanol–water partition coefficient (Wildman–Crippen LogP) is 2.31. The molecule has 18 heavy (non-hydrogen) atoms. The minimum Gasteiger partial charge on any atom is -0.338 e. The van der Waals surface area contributed by atoms with Crippen molar-refractivity contribution >= 4 is 5.91 Å². The molecule has 1 amide bonds. The van der Waals surface area contributed by atoms with Gasteiger partial charge in [-0.3, -0.25) is 4.79 Å². The molecule has 0 bridgehead atoms. The van der Waals surface area contributed by atoms with Crippen LogP contribution in [0.2, 0.25) is 0 Å². The first-order valence-electron chi connectivity index (χ1n) is 5.56. The molecule has 0 aromatic rings. The zero-order chi connectivity index (χ0) is 14.5. The van der Waals surface area contributed by atoms with Crippen molar-refractivity contribution in [1.82, 2.24) is 9.80 Å². The maximum absolute atomic E-state index is 12.2. The molecule has 0 aliphatic heterocycles. The van der Waals surface area contributed by atoms with Gasteiger partial charge in [0.05, 0.1) is 0 Å². The van der Waals surface area contributed by atoms with Crippen molar-refractivity contribution in [3.05, 3.63) is 18.7 Å². The molecule has 0 spiro atoms. The zero-order valence-corrected chi connectivity index (χ0v) is 11.2. The van der Waals surface area contributed by atoms with Gasteiger partial charge in [-0.2, -0.15) is 13.2 Å². The van der Waals surface area contributed by atoms with Crippen LogP contribution in [0, 0.1) is 12.0 Å². The number of hydrogen-bond acceptors (Lipinski definition) is 2. The highest BCUT2D eigenvalue weighted by atomic mass is 19.4. The summed E-state index contributed by atoms with van der Waals surface area (Å²) in [7, 11) is 4.87. The Labute approximate surface area is 106 Å². The fourth-order valence-corrected chi connectivity index (χ4v) is 1.48. The summed E-state index contributed by atoms with van der Waals surface area (Å²) in [5.74, 6) is -1.85. The molecule has 3 nitrogen and oxygen atoms in total. The van der Waals surface area contributed by atoms with Gasteiger partial charge in [0.1, 0.15) is 0 Å². The minimum absolute atomic E-state index is 0.0384. The number of carbonyl (C=O) groups is 1. The molecule has 0 N–H and O–H groups in total. The Morgan fingerprint density at radius 3 is 2.17 bits per heavy atom. The van der Waals surface area contributed by atoms with Crippen LogP contribution in [0.25, 0.3) is 0 Å². The Morgan fingerprint density at radius 2 is 1.83 bits per heavy atom. The van der Waals surface area contributed by atoms with Gasteiger partial charge in [0.15, 0.2) is 0 Å². The van der Waals surface area contributed by atoms with E-state index in [1.165, 1.54) is 0 Å². The van der Waals surface area contributed by atoms with Crippen LogP contribution in [0.4, 0.5) is 13.2 Å². The van der Waals surface area contributed by atoms with E-state index < -0.39 is 12.1 Å². The second-order valence-electron chi connectivity index (χ2n) is 4.39. The molecule has 0 fully saturated rings. The van der Waals surface area contributed by atoms with Crippen molar-refractivity contribution in [1.29, 1.82) is 0 Å². The summed E-state index contributed by atoms with van der Waals surface area (Å²) in [6.45, 7) is 5.59. The van der Waals surface area contributed by atoms with Crippen LogP contribution in [0.5, 0.6) is 0 Å². The van der Waals surface area contributed by atoms with Crippen molar-refractivity contribution in [2.45, 2.75) is 19.5 Å². The smallest absolute Gasteiger partial charge is 0.338 e. The third kappa shape index (κ3) is 5.08. The van der Waals surface area contributed by atoms with E-state index in [1.54, 1.807) is 6.08 Å². The Bertz CT molecular complexity index is 290. The maximum atomic E-state index is 12.2. The molecule has 0 aromatic carbocycles. The number of carbonyl (C=O) groups excluding carboxylic acids is 1. The van der Waals surface area contributed by atoms with Crippen molar-refractivity contribution < 1.29 is 18.0 Å². The number of alkyl halides is 3. The van der Waals surface area contributed by atoms with Gasteiger partial charge in [-0.25, -0.2) is 0 Å². The third-order valence-corrected chi connectivity index (χ3v) is 2.89. The van der Waals surface area contributed by atoms with E-state index in [0.29, 0.717) is 11.3 Å². The van der Waals surface area contributed by atoms with Gasteiger partial charge in [0.2, 0.25) is 0 Å². The van der Waals surface area contributed by atoms with Crippen molar-refractivity contribution in [2.75, 3.05) is 27.7 Å². The van der Waals surface area contributed by atoms with E-state index in [2.05, 4.69) is 6.58 Å². The molecule has 0 saturated carbocycles. The van der Waals surface area contributed by atoms with Gasteiger partial charge in [-0.05, 0) is 33.4 Å². The Balaban J connectivity index is 4.38. The lowest BCUT2D eigenvalue weighted by Gasteiger charge is -2.28. The van der Waals surface area contributed by atoms with Gasteiger partial charge in [-0.15, -0.1) is 6.58 Å². The molecular formula is C12H20F3N2O. The van der Waals surface area contributed by atoms with E-state index in [-0.39, 0.29) is 12.5 Å². The second kappa shape index (κ2) is 6.78. The molecule has 0 aliphatic carbocycles. The summed E-state index contributed by atoms with van der Waals surface area (Å²) < 4.78 is 36.5. The van der Waals surface area contributed by atoms with Gasteiger partial charge < -0.3 is 9.80 Å². The van der Waals surface area contributed by atoms with Crippen molar-refractivity contribution in [3.8, 4) is 0 Å². The molecular weight excluding hydrogens is 245 g/mol. The predicted molar refractivity (Wildman–Crippen MR) is 64.6 cm³/mol. The lowest BCUT2D eigenvalue weighted by Crippen LogP contribution is -2.39. The Hall–Kier alpha value is -1.04. The largest absolute Gasteiger partial charge is 0.471 e. The van der Waals surface area contributed by atoms with E-state index in [4.69, 9.17) is 0 Å². The number of rotatable bonds is 6. The molecule has 0 aliphatic rings. The van der Waals surface area contributed by atoms with Crippen LogP contribution in [-0.4, -0.2) is 49.6 Å². The zero-order valence-electron chi connectivity index (χ0n) is 11.2. The molecule has 0 heterocycles. The maximum Gasteiger partial charge on any atom is 0.471 e. The quantitative estimate of drug-likeness (QED) is 0.688. The molecule has 0 saturated heterocycles. The fourth-order valence-electron chi connectivity index (χ4n) is 1.48. The van der Waals surface area contributed by atoms with Gasteiger partial charge in [0, 0.05) is 19.6 Å². The molecule has 6 heteroatoms. The molecule has 1 atom stereocenters. The highest BCUT2D eigenvalue weighted by molar-refractivity contribution is 5.81. The van der Waals surface area contributed by atoms with Crippen LogP contribution < -0.4 is 0 Å². The first-order chi connectivity index (χ1) is 8.11. The summed E-state index contributed by atoms with van der Waals surface area (Å²) in [6, 6.07) is 0.998. The molecule has 105 valence electrons. The van der Waals surface area contributed by atoms with E-state index in [9.17, 15) is 18.0 Å². The van der Waals surface area contributed by atoms with Crippen LogP contribution >= 0.6 is 0 Å². The van der Waals surface area contributed by atoms with Crippen LogP contribution in [-0.2, 0) is 4.79 Å². The summed E-state index contributed by atoms with van der Waals surface area (Å²) >= 11 is 0. The highest BCUT2D eigenvalue weighted by Gasteiger charge is 2.41. The number of nitrogens with zero attached hydrogens (tertiary/aromatic N) is 2. The summed E-state index contributed by atoms with van der Waals surface area (Å²) in [5, 5.41) is 0. The molecule has 0 aromatic heterocycles. The lowest BCUT2D eigenvalue weighted by molar-refractivity contribution is -0.184. The van der Waals surface area contributed by atoms with Crippen LogP contribution in [0.3, 0.4) is 0 Å².